The SMILES string of the molecule is Cn1cccc1C(CNC(=O)c1ccc([N+](=O)[O-])cc1Cl)N1CCCC1. The third-order valence-corrected chi connectivity index (χ3v) is 5.08. The predicted octanol–water partition coefficient (Wildman–Crippen LogP) is 3.15. The van der Waals surface area contributed by atoms with Gasteiger partial charge in [0.15, 0.2) is 0 Å². The van der Waals surface area contributed by atoms with Crippen LogP contribution in [0.25, 0.3) is 0 Å². The molecule has 8 heteroatoms. The van der Waals surface area contributed by atoms with Crippen molar-refractivity contribution >= 4 is 23.2 Å². The van der Waals surface area contributed by atoms with Gasteiger partial charge in [-0.2, -0.15) is 0 Å². The first-order chi connectivity index (χ1) is 12.5. The summed E-state index contributed by atoms with van der Waals surface area (Å²) in [6, 6.07) is 8.02. The minimum atomic E-state index is -0.535. The Morgan fingerprint density at radius 2 is 2.08 bits per heavy atom. The number of carbonyl (C=O) groups excluding carboxylic acids is 1. The molecule has 0 radical (unpaired) electrons. The van der Waals surface area contributed by atoms with Crippen molar-refractivity contribution in [1.82, 2.24) is 14.8 Å². The number of likely N-dealkylation sites (tertiary alicyclic amines) is 1. The molecule has 0 saturated carbocycles. The van der Waals surface area contributed by atoms with Gasteiger partial charge < -0.3 is 9.88 Å². The van der Waals surface area contributed by atoms with Gasteiger partial charge in [-0.15, -0.1) is 0 Å². The lowest BCUT2D eigenvalue weighted by Crippen LogP contribution is -2.37. The molecule has 0 spiro atoms. The highest BCUT2D eigenvalue weighted by Crippen LogP contribution is 2.26. The molecule has 1 atom stereocenters. The van der Waals surface area contributed by atoms with Gasteiger partial charge in [0.1, 0.15) is 0 Å². The number of halogens is 1. The number of nitro groups is 1. The normalized spacial score (nSPS) is 15.8. The number of nitrogens with zero attached hydrogens (tertiary/aromatic N) is 3. The van der Waals surface area contributed by atoms with Gasteiger partial charge in [0.2, 0.25) is 0 Å². The van der Waals surface area contributed by atoms with Crippen LogP contribution in [0.2, 0.25) is 5.02 Å². The number of carbonyl (C=O) groups is 1. The quantitative estimate of drug-likeness (QED) is 0.620. The van der Waals surface area contributed by atoms with E-state index >= 15 is 0 Å². The van der Waals surface area contributed by atoms with E-state index in [2.05, 4.69) is 20.9 Å². The van der Waals surface area contributed by atoms with Crippen molar-refractivity contribution in [3.05, 3.63) is 62.9 Å². The maximum absolute atomic E-state index is 12.5. The first-order valence-electron chi connectivity index (χ1n) is 8.55. The molecule has 1 aromatic carbocycles. The number of nitrogens with one attached hydrogen (secondary N) is 1. The minimum absolute atomic E-state index is 0.0771. The fraction of sp³-hybridized carbons (Fsp3) is 0.389. The Morgan fingerprint density at radius 3 is 2.65 bits per heavy atom. The lowest BCUT2D eigenvalue weighted by atomic mass is 10.1. The van der Waals surface area contributed by atoms with Gasteiger partial charge in [0.05, 0.1) is 21.6 Å². The molecule has 3 rings (SSSR count). The molecule has 1 aliphatic heterocycles. The summed E-state index contributed by atoms with van der Waals surface area (Å²) in [6.45, 7) is 2.46. The molecule has 1 amide bonds. The molecule has 1 fully saturated rings. The molecule has 0 bridgehead atoms. The Hall–Kier alpha value is -2.38. The van der Waals surface area contributed by atoms with E-state index in [1.165, 1.54) is 18.2 Å². The maximum Gasteiger partial charge on any atom is 0.270 e. The average molecular weight is 377 g/mol. The smallest absolute Gasteiger partial charge is 0.270 e. The summed E-state index contributed by atoms with van der Waals surface area (Å²) in [5, 5.41) is 13.8. The Balaban J connectivity index is 1.73. The number of hydrogen-bond donors (Lipinski definition) is 1. The number of benzene rings is 1. The molecule has 2 heterocycles. The van der Waals surface area contributed by atoms with E-state index in [1.807, 2.05) is 19.3 Å². The zero-order valence-electron chi connectivity index (χ0n) is 14.5. The van der Waals surface area contributed by atoms with E-state index in [0.29, 0.717) is 6.54 Å². The number of aromatic nitrogens is 1. The van der Waals surface area contributed by atoms with E-state index in [9.17, 15) is 14.9 Å². The van der Waals surface area contributed by atoms with Crippen LogP contribution in [0, 0.1) is 10.1 Å². The van der Waals surface area contributed by atoms with Crippen molar-refractivity contribution in [3.8, 4) is 0 Å². The maximum atomic E-state index is 12.5. The average Bonchev–Trinajstić information content (AvgIpc) is 3.27. The molecule has 1 N–H and O–H groups in total. The Kier molecular flexibility index (Phi) is 5.58. The van der Waals surface area contributed by atoms with Crippen LogP contribution in [0.5, 0.6) is 0 Å². The van der Waals surface area contributed by atoms with Crippen molar-refractivity contribution in [2.45, 2.75) is 18.9 Å². The summed E-state index contributed by atoms with van der Waals surface area (Å²) in [6.07, 6.45) is 4.31. The lowest BCUT2D eigenvalue weighted by molar-refractivity contribution is -0.384. The molecular weight excluding hydrogens is 356 g/mol. The van der Waals surface area contributed by atoms with Crippen molar-refractivity contribution in [3.63, 3.8) is 0 Å². The fourth-order valence-corrected chi connectivity index (χ4v) is 3.64. The molecular formula is C18H21ClN4O3. The van der Waals surface area contributed by atoms with Gasteiger partial charge in [-0.05, 0) is 44.1 Å². The van der Waals surface area contributed by atoms with Crippen molar-refractivity contribution in [1.29, 1.82) is 0 Å². The van der Waals surface area contributed by atoms with Crippen LogP contribution in [0.4, 0.5) is 5.69 Å². The minimum Gasteiger partial charge on any atom is -0.353 e. The van der Waals surface area contributed by atoms with Crippen molar-refractivity contribution in [2.75, 3.05) is 19.6 Å². The molecule has 1 saturated heterocycles. The first-order valence-corrected chi connectivity index (χ1v) is 8.92. The summed E-state index contributed by atoms with van der Waals surface area (Å²) in [5.41, 5.74) is 1.25. The zero-order chi connectivity index (χ0) is 18.7. The fourth-order valence-electron chi connectivity index (χ4n) is 3.38. The second-order valence-electron chi connectivity index (χ2n) is 6.43. The second kappa shape index (κ2) is 7.88. The van der Waals surface area contributed by atoms with Crippen molar-refractivity contribution < 1.29 is 9.72 Å². The largest absolute Gasteiger partial charge is 0.353 e. The van der Waals surface area contributed by atoms with E-state index in [-0.39, 0.29) is 28.2 Å². The standard InChI is InChI=1S/C18H21ClN4O3/c1-21-8-4-5-16(21)17(22-9-2-3-10-22)12-20-18(24)14-7-6-13(23(25)26)11-15(14)19/h4-8,11,17H,2-3,9-10,12H2,1H3,(H,20,24). The zero-order valence-corrected chi connectivity index (χ0v) is 15.3. The van der Waals surface area contributed by atoms with Gasteiger partial charge >= 0.3 is 0 Å². The Morgan fingerprint density at radius 1 is 1.35 bits per heavy atom. The summed E-state index contributed by atoms with van der Waals surface area (Å²) in [5.74, 6) is -0.330. The lowest BCUT2D eigenvalue weighted by Gasteiger charge is -2.28. The third-order valence-electron chi connectivity index (χ3n) is 4.77. The van der Waals surface area contributed by atoms with Crippen LogP contribution >= 0.6 is 11.6 Å². The van der Waals surface area contributed by atoms with Crippen LogP contribution in [-0.2, 0) is 7.05 Å². The highest BCUT2D eigenvalue weighted by atomic mass is 35.5. The Labute approximate surface area is 156 Å². The molecule has 138 valence electrons. The van der Waals surface area contributed by atoms with Gasteiger partial charge in [0.25, 0.3) is 11.6 Å². The van der Waals surface area contributed by atoms with Gasteiger partial charge in [-0.3, -0.25) is 19.8 Å². The van der Waals surface area contributed by atoms with E-state index < -0.39 is 4.92 Å². The summed E-state index contributed by atoms with van der Waals surface area (Å²) in [4.78, 5) is 25.2. The van der Waals surface area contributed by atoms with Gasteiger partial charge in [0, 0.05) is 37.6 Å². The number of nitro benzene ring substituents is 1. The van der Waals surface area contributed by atoms with E-state index in [4.69, 9.17) is 11.6 Å². The second-order valence-corrected chi connectivity index (χ2v) is 6.84. The van der Waals surface area contributed by atoms with Crippen LogP contribution in [0.15, 0.2) is 36.5 Å². The molecule has 1 aliphatic rings. The molecule has 0 aliphatic carbocycles. The summed E-state index contributed by atoms with van der Waals surface area (Å²) < 4.78 is 2.06. The number of aryl methyl sites for hydroxylation is 1. The highest BCUT2D eigenvalue weighted by molar-refractivity contribution is 6.34. The topological polar surface area (TPSA) is 80.4 Å². The van der Waals surface area contributed by atoms with Crippen molar-refractivity contribution in [2.24, 2.45) is 7.05 Å². The van der Waals surface area contributed by atoms with Crippen LogP contribution in [-0.4, -0.2) is 39.9 Å². The highest BCUT2D eigenvalue weighted by Gasteiger charge is 2.26. The first kappa shape index (κ1) is 18.4. The predicted molar refractivity (Wildman–Crippen MR) is 99.4 cm³/mol. The molecule has 1 unspecified atom stereocenters. The van der Waals surface area contributed by atoms with E-state index in [1.54, 1.807) is 0 Å². The van der Waals surface area contributed by atoms with Crippen LogP contribution in [0.1, 0.15) is 34.9 Å². The number of amides is 1. The molecule has 26 heavy (non-hydrogen) atoms. The molecule has 2 aromatic rings. The van der Waals surface area contributed by atoms with E-state index in [0.717, 1.165) is 31.6 Å². The van der Waals surface area contributed by atoms with Crippen LogP contribution < -0.4 is 5.32 Å². The van der Waals surface area contributed by atoms with Gasteiger partial charge in [-0.1, -0.05) is 11.6 Å². The summed E-state index contributed by atoms with van der Waals surface area (Å²) in [7, 11) is 1.99. The van der Waals surface area contributed by atoms with Crippen LogP contribution in [0.3, 0.4) is 0 Å². The molecule has 7 nitrogen and oxygen atoms in total. The Bertz CT molecular complexity index is 815. The number of non-ortho nitro benzene ring substituents is 1. The number of rotatable bonds is 6. The third kappa shape index (κ3) is 3.89. The van der Waals surface area contributed by atoms with Gasteiger partial charge in [-0.25, -0.2) is 0 Å². The number of hydrogen-bond acceptors (Lipinski definition) is 4. The summed E-state index contributed by atoms with van der Waals surface area (Å²) >= 11 is 6.06. The monoisotopic (exact) mass is 376 g/mol. The molecule has 1 aromatic heterocycles.